The molecule has 0 spiro atoms. The fourth-order valence-electron chi connectivity index (χ4n) is 0.653. The third kappa shape index (κ3) is 4.40. The molecule has 72 valence electrons. The number of allylic oxidation sites excluding steroid dienone is 1. The lowest BCUT2D eigenvalue weighted by Gasteiger charge is -2.18. The van der Waals surface area contributed by atoms with Crippen LogP contribution < -0.4 is 0 Å². The molecule has 0 aromatic heterocycles. The number of halogens is 2. The molecule has 0 saturated heterocycles. The van der Waals surface area contributed by atoms with Crippen LogP contribution in [0.3, 0.4) is 0 Å². The van der Waals surface area contributed by atoms with E-state index in [1.165, 1.54) is 7.11 Å². The highest BCUT2D eigenvalue weighted by atomic mass is 127. The van der Waals surface area contributed by atoms with Crippen molar-refractivity contribution in [3.8, 4) is 0 Å². The molecule has 0 aliphatic rings. The minimum Gasteiger partial charge on any atom is -0.364 e. The lowest BCUT2D eigenvalue weighted by molar-refractivity contribution is 0.188. The Bertz CT molecular complexity index is 166. The van der Waals surface area contributed by atoms with E-state index >= 15 is 0 Å². The lowest BCUT2D eigenvalue weighted by atomic mass is 9.90. The highest BCUT2D eigenvalue weighted by Crippen LogP contribution is 2.26. The summed E-state index contributed by atoms with van der Waals surface area (Å²) in [6.45, 7) is 6.05. The van der Waals surface area contributed by atoms with Crippen molar-refractivity contribution in [1.82, 2.24) is 0 Å². The van der Waals surface area contributed by atoms with Gasteiger partial charge in [0.05, 0.1) is 0 Å². The van der Waals surface area contributed by atoms with Crippen LogP contribution >= 0.6 is 22.6 Å². The highest BCUT2D eigenvalue weighted by molar-refractivity contribution is 14.1. The van der Waals surface area contributed by atoms with Gasteiger partial charge < -0.3 is 4.74 Å². The second-order valence-corrected chi connectivity index (χ2v) is 4.55. The normalized spacial score (nSPS) is 16.3. The monoisotopic (exact) mass is 286 g/mol. The predicted molar refractivity (Wildman–Crippen MR) is 58.1 cm³/mol. The molecule has 0 saturated carbocycles. The first-order chi connectivity index (χ1) is 5.43. The molecule has 0 aliphatic carbocycles. The van der Waals surface area contributed by atoms with Crippen LogP contribution in [-0.2, 0) is 4.74 Å². The van der Waals surface area contributed by atoms with Crippen molar-refractivity contribution < 1.29 is 9.13 Å². The van der Waals surface area contributed by atoms with Gasteiger partial charge in [0, 0.05) is 7.11 Å². The lowest BCUT2D eigenvalue weighted by Crippen LogP contribution is -2.09. The topological polar surface area (TPSA) is 9.23 Å². The van der Waals surface area contributed by atoms with Gasteiger partial charge in [-0.1, -0.05) is 20.8 Å². The van der Waals surface area contributed by atoms with Crippen molar-refractivity contribution in [3.05, 3.63) is 11.9 Å². The Labute approximate surface area is 87.5 Å². The molecule has 0 rings (SSSR count). The molecule has 1 atom stereocenters. The van der Waals surface area contributed by atoms with Crippen LogP contribution in [0.15, 0.2) is 11.9 Å². The average Bonchev–Trinajstić information content (AvgIpc) is 2.02. The van der Waals surface area contributed by atoms with Gasteiger partial charge in [-0.25, -0.2) is 4.39 Å². The SMILES string of the molecule is CCC(C)(C)/C=C(/F)C(I)OC. The van der Waals surface area contributed by atoms with Gasteiger partial charge in [-0.15, -0.1) is 0 Å². The number of hydrogen-bond acceptors (Lipinski definition) is 1. The molecule has 0 aromatic carbocycles. The zero-order valence-electron chi connectivity index (χ0n) is 8.03. The fraction of sp³-hybridized carbons (Fsp3) is 0.778. The maximum Gasteiger partial charge on any atom is 0.159 e. The molecule has 0 aromatic rings. The number of methoxy groups -OCH3 is 1. The Morgan fingerprint density at radius 1 is 1.67 bits per heavy atom. The molecule has 0 N–H and O–H groups in total. The van der Waals surface area contributed by atoms with E-state index in [0.29, 0.717) is 0 Å². The maximum atomic E-state index is 13.2. The maximum absolute atomic E-state index is 13.2. The van der Waals surface area contributed by atoms with Crippen LogP contribution in [-0.4, -0.2) is 11.2 Å². The number of rotatable bonds is 4. The molecule has 0 aliphatic heterocycles. The molecule has 12 heavy (non-hydrogen) atoms. The minimum atomic E-state index is -0.451. The van der Waals surface area contributed by atoms with E-state index in [1.54, 1.807) is 6.08 Å². The molecular formula is C9H16FIO. The smallest absolute Gasteiger partial charge is 0.159 e. The van der Waals surface area contributed by atoms with Gasteiger partial charge in [0.2, 0.25) is 0 Å². The number of hydrogen-bond donors (Lipinski definition) is 0. The quantitative estimate of drug-likeness (QED) is 0.566. The van der Waals surface area contributed by atoms with Gasteiger partial charge >= 0.3 is 0 Å². The Kier molecular flexibility index (Phi) is 5.32. The second kappa shape index (κ2) is 5.17. The number of alkyl halides is 1. The van der Waals surface area contributed by atoms with E-state index in [0.717, 1.165) is 6.42 Å². The van der Waals surface area contributed by atoms with Crippen molar-refractivity contribution >= 4 is 22.6 Å². The summed E-state index contributed by atoms with van der Waals surface area (Å²) in [6, 6.07) is 0. The van der Waals surface area contributed by atoms with Crippen LogP contribution in [0, 0.1) is 5.41 Å². The van der Waals surface area contributed by atoms with Crippen LogP contribution in [0.1, 0.15) is 27.2 Å². The van der Waals surface area contributed by atoms with E-state index in [2.05, 4.69) is 0 Å². The summed E-state index contributed by atoms with van der Waals surface area (Å²) in [5.41, 5.74) is -0.0773. The first-order valence-electron chi connectivity index (χ1n) is 3.98. The average molecular weight is 286 g/mol. The summed E-state index contributed by atoms with van der Waals surface area (Å²) in [7, 11) is 1.50. The van der Waals surface area contributed by atoms with Crippen molar-refractivity contribution in [1.29, 1.82) is 0 Å². The highest BCUT2D eigenvalue weighted by Gasteiger charge is 2.16. The van der Waals surface area contributed by atoms with Gasteiger partial charge in [0.15, 0.2) is 4.11 Å². The van der Waals surface area contributed by atoms with Gasteiger partial charge in [-0.2, -0.15) is 0 Å². The van der Waals surface area contributed by atoms with Gasteiger partial charge in [0.25, 0.3) is 0 Å². The summed E-state index contributed by atoms with van der Waals surface area (Å²) >= 11 is 1.92. The van der Waals surface area contributed by atoms with E-state index in [4.69, 9.17) is 4.74 Å². The van der Waals surface area contributed by atoms with Crippen molar-refractivity contribution in [2.24, 2.45) is 5.41 Å². The third-order valence-corrected chi connectivity index (χ3v) is 2.97. The van der Waals surface area contributed by atoms with Gasteiger partial charge in [-0.3, -0.25) is 0 Å². The molecule has 1 unspecified atom stereocenters. The zero-order chi connectivity index (χ0) is 9.78. The molecule has 3 heteroatoms. The number of ether oxygens (including phenoxy) is 1. The first-order valence-corrected chi connectivity index (χ1v) is 5.22. The van der Waals surface area contributed by atoms with Crippen molar-refractivity contribution in [2.45, 2.75) is 31.3 Å². The molecule has 0 bridgehead atoms. The standard InChI is InChI=1S/C9H16FIO/c1-5-9(2,3)6-7(10)8(11)12-4/h6,8H,5H2,1-4H3/b7-6+. The Morgan fingerprint density at radius 2 is 2.17 bits per heavy atom. The van der Waals surface area contributed by atoms with E-state index in [9.17, 15) is 4.39 Å². The van der Waals surface area contributed by atoms with Crippen LogP contribution in [0.5, 0.6) is 0 Å². The fourth-order valence-corrected chi connectivity index (χ4v) is 0.833. The molecule has 0 amide bonds. The summed E-state index contributed by atoms with van der Waals surface area (Å²) < 4.78 is 17.6. The van der Waals surface area contributed by atoms with Crippen LogP contribution in [0.25, 0.3) is 0 Å². The molecule has 0 fully saturated rings. The summed E-state index contributed by atoms with van der Waals surface area (Å²) in [4.78, 5) is 0. The Hall–Kier alpha value is 0.360. The summed E-state index contributed by atoms with van der Waals surface area (Å²) in [5, 5.41) is 0. The Morgan fingerprint density at radius 3 is 2.50 bits per heavy atom. The molecular weight excluding hydrogens is 270 g/mol. The molecule has 1 nitrogen and oxygen atoms in total. The van der Waals surface area contributed by atoms with Gasteiger partial charge in [0.1, 0.15) is 5.83 Å². The van der Waals surface area contributed by atoms with E-state index in [1.807, 2.05) is 43.4 Å². The summed E-state index contributed by atoms with van der Waals surface area (Å²) in [5.74, 6) is -0.190. The molecule has 0 heterocycles. The zero-order valence-corrected chi connectivity index (χ0v) is 10.2. The predicted octanol–water partition coefficient (Wildman–Crippen LogP) is 3.68. The third-order valence-electron chi connectivity index (χ3n) is 1.86. The van der Waals surface area contributed by atoms with Gasteiger partial charge in [-0.05, 0) is 40.5 Å². The van der Waals surface area contributed by atoms with Crippen LogP contribution in [0.4, 0.5) is 4.39 Å². The molecule has 0 radical (unpaired) electrons. The van der Waals surface area contributed by atoms with Crippen molar-refractivity contribution in [2.75, 3.05) is 7.11 Å². The van der Waals surface area contributed by atoms with Crippen LogP contribution in [0.2, 0.25) is 0 Å². The minimum absolute atomic E-state index is 0.0773. The van der Waals surface area contributed by atoms with E-state index in [-0.39, 0.29) is 11.2 Å². The largest absolute Gasteiger partial charge is 0.364 e. The summed E-state index contributed by atoms with van der Waals surface area (Å²) in [6.07, 6.45) is 2.56. The second-order valence-electron chi connectivity index (χ2n) is 3.42. The Balaban J connectivity index is 4.33. The first kappa shape index (κ1) is 12.4. The van der Waals surface area contributed by atoms with Crippen molar-refractivity contribution in [3.63, 3.8) is 0 Å². The van der Waals surface area contributed by atoms with E-state index < -0.39 is 4.11 Å².